The summed E-state index contributed by atoms with van der Waals surface area (Å²) >= 11 is 5.79. The third-order valence-corrected chi connectivity index (χ3v) is 3.50. The Balaban J connectivity index is 2.22. The molecule has 0 N–H and O–H groups in total. The Kier molecular flexibility index (Phi) is 4.68. The number of nitrogens with zero attached hydrogens (tertiary/aromatic N) is 6. The number of benzene rings is 1. The fourth-order valence-corrected chi connectivity index (χ4v) is 2.21. The molecule has 0 aliphatic heterocycles. The van der Waals surface area contributed by atoms with E-state index in [2.05, 4.69) is 25.5 Å². The second kappa shape index (κ2) is 6.79. The SMILES string of the molecule is Cn1nnnc1/N=C(/c1cc(F)cc(C(F)(F)F)c1)c1ccc(Cl)cn1. The summed E-state index contributed by atoms with van der Waals surface area (Å²) in [5, 5.41) is 11.0. The summed E-state index contributed by atoms with van der Waals surface area (Å²) in [6.45, 7) is 0. The van der Waals surface area contributed by atoms with E-state index >= 15 is 0 Å². The van der Waals surface area contributed by atoms with E-state index in [0.717, 1.165) is 12.1 Å². The lowest BCUT2D eigenvalue weighted by Gasteiger charge is -2.11. The van der Waals surface area contributed by atoms with Crippen molar-refractivity contribution in [2.45, 2.75) is 6.18 Å². The van der Waals surface area contributed by atoms with Crippen molar-refractivity contribution in [3.63, 3.8) is 0 Å². The minimum atomic E-state index is -4.72. The fourth-order valence-electron chi connectivity index (χ4n) is 2.10. The van der Waals surface area contributed by atoms with Crippen LogP contribution in [-0.2, 0) is 13.2 Å². The van der Waals surface area contributed by atoms with Gasteiger partial charge < -0.3 is 0 Å². The van der Waals surface area contributed by atoms with Gasteiger partial charge >= 0.3 is 6.18 Å². The van der Waals surface area contributed by atoms with Crippen LogP contribution in [-0.4, -0.2) is 30.9 Å². The lowest BCUT2D eigenvalue weighted by molar-refractivity contribution is -0.137. The molecule has 2 aromatic heterocycles. The number of tetrazole rings is 1. The average molecular weight is 385 g/mol. The molecule has 0 unspecified atom stereocenters. The van der Waals surface area contributed by atoms with Crippen molar-refractivity contribution in [2.24, 2.45) is 12.0 Å². The van der Waals surface area contributed by atoms with Crippen molar-refractivity contribution in [1.29, 1.82) is 0 Å². The Morgan fingerprint density at radius 1 is 1.19 bits per heavy atom. The summed E-state index contributed by atoms with van der Waals surface area (Å²) in [7, 11) is 1.50. The Hall–Kier alpha value is -2.88. The van der Waals surface area contributed by atoms with Crippen LogP contribution in [0.3, 0.4) is 0 Å². The lowest BCUT2D eigenvalue weighted by atomic mass is 10.0. The van der Waals surface area contributed by atoms with Gasteiger partial charge in [-0.1, -0.05) is 16.7 Å². The number of hydrogen-bond acceptors (Lipinski definition) is 5. The van der Waals surface area contributed by atoms with E-state index in [9.17, 15) is 17.6 Å². The van der Waals surface area contributed by atoms with Crippen molar-refractivity contribution in [2.75, 3.05) is 0 Å². The number of aliphatic imine (C=N–C) groups is 1. The van der Waals surface area contributed by atoms with Crippen LogP contribution in [0.4, 0.5) is 23.5 Å². The van der Waals surface area contributed by atoms with E-state index in [0.29, 0.717) is 11.1 Å². The largest absolute Gasteiger partial charge is 0.416 e. The number of pyridine rings is 1. The van der Waals surface area contributed by atoms with Crippen molar-refractivity contribution in [3.8, 4) is 0 Å². The van der Waals surface area contributed by atoms with Crippen molar-refractivity contribution in [1.82, 2.24) is 25.2 Å². The molecule has 0 atom stereocenters. The van der Waals surface area contributed by atoms with E-state index in [1.165, 1.54) is 30.1 Å². The molecule has 0 aliphatic carbocycles. The first-order chi connectivity index (χ1) is 12.2. The molecule has 2 heterocycles. The molecule has 134 valence electrons. The number of aromatic nitrogens is 5. The topological polar surface area (TPSA) is 68.8 Å². The van der Waals surface area contributed by atoms with Gasteiger partial charge in [0.05, 0.1) is 16.3 Å². The van der Waals surface area contributed by atoms with Crippen LogP contribution < -0.4 is 0 Å². The first-order valence-electron chi connectivity index (χ1n) is 7.05. The molecule has 0 amide bonds. The fraction of sp³-hybridized carbons (Fsp3) is 0.133. The van der Waals surface area contributed by atoms with Crippen LogP contribution in [0.2, 0.25) is 5.02 Å². The zero-order valence-corrected chi connectivity index (χ0v) is 13.8. The molecule has 6 nitrogen and oxygen atoms in total. The Labute approximate surface area is 149 Å². The Bertz CT molecular complexity index is 965. The summed E-state index contributed by atoms with van der Waals surface area (Å²) in [5.41, 5.74) is -1.14. The Morgan fingerprint density at radius 3 is 2.54 bits per heavy atom. The molecule has 0 bridgehead atoms. The van der Waals surface area contributed by atoms with Gasteiger partial charge in [-0.25, -0.2) is 14.1 Å². The summed E-state index contributed by atoms with van der Waals surface area (Å²) < 4.78 is 54.1. The van der Waals surface area contributed by atoms with Crippen LogP contribution in [0.25, 0.3) is 0 Å². The monoisotopic (exact) mass is 384 g/mol. The van der Waals surface area contributed by atoms with Gasteiger partial charge in [-0.3, -0.25) is 4.98 Å². The van der Waals surface area contributed by atoms with Crippen molar-refractivity contribution < 1.29 is 17.6 Å². The first kappa shape index (κ1) is 17.9. The van der Waals surface area contributed by atoms with Gasteiger partial charge in [0.15, 0.2) is 0 Å². The molecular weight excluding hydrogens is 376 g/mol. The van der Waals surface area contributed by atoms with Crippen LogP contribution in [0.15, 0.2) is 41.5 Å². The van der Waals surface area contributed by atoms with E-state index < -0.39 is 17.6 Å². The van der Waals surface area contributed by atoms with Gasteiger partial charge in [-0.2, -0.15) is 13.2 Å². The van der Waals surface area contributed by atoms with Crippen LogP contribution in [0, 0.1) is 5.82 Å². The molecular formula is C15H9ClF4N6. The molecule has 0 aliphatic rings. The van der Waals surface area contributed by atoms with E-state index in [1.807, 2.05) is 0 Å². The zero-order chi connectivity index (χ0) is 18.9. The predicted octanol–water partition coefficient (Wildman–Crippen LogP) is 3.59. The maximum absolute atomic E-state index is 13.8. The minimum Gasteiger partial charge on any atom is -0.253 e. The maximum atomic E-state index is 13.8. The van der Waals surface area contributed by atoms with Gasteiger partial charge in [0.25, 0.3) is 5.95 Å². The van der Waals surface area contributed by atoms with Crippen molar-refractivity contribution in [3.05, 3.63) is 64.2 Å². The van der Waals surface area contributed by atoms with Gasteiger partial charge in [0.1, 0.15) is 11.5 Å². The number of alkyl halides is 3. The highest BCUT2D eigenvalue weighted by molar-refractivity contribution is 6.30. The van der Waals surface area contributed by atoms with E-state index in [-0.39, 0.29) is 22.9 Å². The third kappa shape index (κ3) is 3.85. The molecule has 0 spiro atoms. The van der Waals surface area contributed by atoms with Crippen LogP contribution in [0.1, 0.15) is 16.8 Å². The van der Waals surface area contributed by atoms with Crippen LogP contribution >= 0.6 is 11.6 Å². The number of aryl methyl sites for hydroxylation is 1. The molecule has 1 aromatic carbocycles. The normalized spacial score (nSPS) is 12.5. The van der Waals surface area contributed by atoms with Crippen molar-refractivity contribution >= 4 is 23.3 Å². The zero-order valence-electron chi connectivity index (χ0n) is 13.0. The molecule has 0 saturated carbocycles. The maximum Gasteiger partial charge on any atom is 0.416 e. The van der Waals surface area contributed by atoms with Gasteiger partial charge in [0.2, 0.25) is 0 Å². The highest BCUT2D eigenvalue weighted by Gasteiger charge is 2.32. The average Bonchev–Trinajstić information content (AvgIpc) is 2.97. The third-order valence-electron chi connectivity index (χ3n) is 3.28. The smallest absolute Gasteiger partial charge is 0.253 e. The summed E-state index contributed by atoms with van der Waals surface area (Å²) in [6, 6.07) is 5.04. The molecule has 0 fully saturated rings. The minimum absolute atomic E-state index is 0.00886. The predicted molar refractivity (Wildman–Crippen MR) is 84.7 cm³/mol. The standard InChI is InChI=1S/C15H9ClF4N6/c1-26-14(23-24-25-26)22-13(12-3-2-10(16)7-21-12)8-4-9(15(18,19)20)6-11(17)5-8/h2-7H,1H3/b22-13-. The summed E-state index contributed by atoms with van der Waals surface area (Å²) in [4.78, 5) is 8.20. The summed E-state index contributed by atoms with van der Waals surface area (Å²) in [5.74, 6) is -1.05. The number of halogens is 5. The molecule has 11 heteroatoms. The number of rotatable bonds is 3. The van der Waals surface area contributed by atoms with E-state index in [4.69, 9.17) is 11.6 Å². The highest BCUT2D eigenvalue weighted by Crippen LogP contribution is 2.31. The van der Waals surface area contributed by atoms with Gasteiger partial charge in [-0.05, 0) is 40.8 Å². The molecule has 3 aromatic rings. The summed E-state index contributed by atoms with van der Waals surface area (Å²) in [6.07, 6.45) is -3.42. The van der Waals surface area contributed by atoms with Gasteiger partial charge in [0, 0.05) is 18.8 Å². The first-order valence-corrected chi connectivity index (χ1v) is 7.43. The van der Waals surface area contributed by atoms with E-state index in [1.54, 1.807) is 0 Å². The number of hydrogen-bond donors (Lipinski definition) is 0. The molecule has 26 heavy (non-hydrogen) atoms. The second-order valence-electron chi connectivity index (χ2n) is 5.15. The Morgan fingerprint density at radius 2 is 1.96 bits per heavy atom. The lowest BCUT2D eigenvalue weighted by Crippen LogP contribution is -2.11. The quantitative estimate of drug-likeness (QED) is 0.511. The molecule has 0 saturated heterocycles. The second-order valence-corrected chi connectivity index (χ2v) is 5.59. The van der Waals surface area contributed by atoms with Gasteiger partial charge in [-0.15, -0.1) is 0 Å². The molecule has 0 radical (unpaired) electrons. The molecule has 3 rings (SSSR count). The highest BCUT2D eigenvalue weighted by atomic mass is 35.5. The van der Waals surface area contributed by atoms with Crippen LogP contribution in [0.5, 0.6) is 0 Å².